The lowest BCUT2D eigenvalue weighted by Gasteiger charge is -2.32. The number of esters is 3. The van der Waals surface area contributed by atoms with Crippen molar-refractivity contribution >= 4 is 17.9 Å². The molecule has 0 radical (unpaired) electrons. The second-order valence-electron chi connectivity index (χ2n) is 32.1. The van der Waals surface area contributed by atoms with E-state index in [2.05, 4.69) is 47.0 Å². The van der Waals surface area contributed by atoms with Gasteiger partial charge in [0.25, 0.3) is 0 Å². The van der Waals surface area contributed by atoms with Gasteiger partial charge in [-0.3, -0.25) is 14.4 Å². The number of phenols is 4. The Balaban J connectivity index is 1.74. The smallest absolute Gasteiger partial charge is 0.306 e. The molecule has 0 saturated heterocycles. The number of hydrogen-bond acceptors (Lipinski definition) is 12. The zero-order chi connectivity index (χ0) is 64.1. The van der Waals surface area contributed by atoms with Crippen LogP contribution in [0.1, 0.15) is 252 Å². The summed E-state index contributed by atoms with van der Waals surface area (Å²) in [5, 5.41) is 45.7. The molecule has 12 nitrogen and oxygen atoms in total. The van der Waals surface area contributed by atoms with Crippen molar-refractivity contribution in [3.05, 3.63) is 115 Å². The van der Waals surface area contributed by atoms with E-state index in [1.54, 1.807) is 0 Å². The summed E-state index contributed by atoms with van der Waals surface area (Å²) in [5.74, 6) is -0.561. The van der Waals surface area contributed by atoms with Crippen molar-refractivity contribution in [1.82, 2.24) is 5.48 Å². The van der Waals surface area contributed by atoms with Crippen molar-refractivity contribution in [2.45, 2.75) is 254 Å². The number of phenolic OH excluding ortho intramolecular Hbond substituents is 4. The molecule has 0 amide bonds. The molecular weight excluding hydrogens is 1050 g/mol. The van der Waals surface area contributed by atoms with E-state index >= 15 is 0 Å². The number of carbonyl (C=O) groups is 3. The molecule has 0 bridgehead atoms. The van der Waals surface area contributed by atoms with Crippen LogP contribution >= 0.6 is 0 Å². The van der Waals surface area contributed by atoms with Crippen LogP contribution in [-0.2, 0) is 102 Å². The average Bonchev–Trinajstić information content (AvgIpc) is 3.39. The van der Waals surface area contributed by atoms with Crippen LogP contribution in [0.25, 0.3) is 0 Å². The summed E-state index contributed by atoms with van der Waals surface area (Å²) in [6.45, 7) is 48.3. The Bertz CT molecular complexity index is 2560. The second-order valence-corrected chi connectivity index (χ2v) is 32.1. The molecule has 0 aliphatic carbocycles. The minimum absolute atomic E-state index is 0.00802. The van der Waals surface area contributed by atoms with Gasteiger partial charge in [0.1, 0.15) is 42.8 Å². The van der Waals surface area contributed by atoms with E-state index in [1.807, 2.05) is 173 Å². The fourth-order valence-electron chi connectivity index (χ4n) is 10.3. The van der Waals surface area contributed by atoms with Gasteiger partial charge in [-0.15, -0.1) is 0 Å². The summed E-state index contributed by atoms with van der Waals surface area (Å²) in [5.41, 5.74) is 8.78. The van der Waals surface area contributed by atoms with Gasteiger partial charge in [-0.05, 0) is 136 Å². The summed E-state index contributed by atoms with van der Waals surface area (Å²) < 4.78 is 18.5. The fraction of sp³-hybridized carbons (Fsp3) is 0.625. The van der Waals surface area contributed by atoms with Crippen molar-refractivity contribution in [2.75, 3.05) is 33.0 Å². The standard InChI is InChI=1S/C72H109NO11/c1-64(2,3)49-33-45(34-50(60(49)77)65(4,5)6)25-28-57(74)81-41-72(44-84-73-32-31-48-39-55(70(19,20)21)63(80)56(40-48)71(22,23)24,42-82-58(75)29-26-46-35-51(66(7,8)9)61(78)52(36-46)67(10,11)12)43-83-59(76)30-27-47-37-53(68(13,14)15)62(79)54(38-47)69(16,17)18/h33-40,73,77-80H,25-32,41-44H2,1-24H3. The molecule has 0 fully saturated rings. The first kappa shape index (κ1) is 70.9. The van der Waals surface area contributed by atoms with E-state index in [0.29, 0.717) is 38.0 Å². The lowest BCUT2D eigenvalue weighted by atomic mass is 9.78. The molecule has 0 aliphatic rings. The number of hydrogen-bond donors (Lipinski definition) is 5. The van der Waals surface area contributed by atoms with Gasteiger partial charge in [-0.2, -0.15) is 0 Å². The molecule has 0 heterocycles. The van der Waals surface area contributed by atoms with Gasteiger partial charge in [0.2, 0.25) is 0 Å². The molecule has 468 valence electrons. The number of aryl methyl sites for hydroxylation is 3. The monoisotopic (exact) mass is 1160 g/mol. The second kappa shape index (κ2) is 26.6. The van der Waals surface area contributed by atoms with Gasteiger partial charge in [-0.1, -0.05) is 215 Å². The van der Waals surface area contributed by atoms with Crippen LogP contribution in [0.4, 0.5) is 0 Å². The Kier molecular flexibility index (Phi) is 22.4. The highest BCUT2D eigenvalue weighted by molar-refractivity contribution is 5.71. The first-order valence-electron chi connectivity index (χ1n) is 30.3. The highest BCUT2D eigenvalue weighted by atomic mass is 16.6. The first-order valence-corrected chi connectivity index (χ1v) is 30.3. The molecule has 0 unspecified atom stereocenters. The van der Waals surface area contributed by atoms with Crippen molar-refractivity contribution in [3.8, 4) is 23.0 Å². The number of ether oxygens (including phenoxy) is 3. The summed E-state index contributed by atoms with van der Waals surface area (Å²) in [6, 6.07) is 15.7. The summed E-state index contributed by atoms with van der Waals surface area (Å²) in [6.07, 6.45) is 1.47. The molecule has 5 N–H and O–H groups in total. The van der Waals surface area contributed by atoms with Crippen LogP contribution in [0.15, 0.2) is 48.5 Å². The van der Waals surface area contributed by atoms with Crippen molar-refractivity contribution in [1.29, 1.82) is 0 Å². The number of nitrogens with one attached hydrogen (secondary N) is 1. The van der Waals surface area contributed by atoms with Gasteiger partial charge < -0.3 is 39.5 Å². The largest absolute Gasteiger partial charge is 0.507 e. The summed E-state index contributed by atoms with van der Waals surface area (Å²) in [4.78, 5) is 48.5. The van der Waals surface area contributed by atoms with Crippen molar-refractivity contribution in [3.63, 3.8) is 0 Å². The lowest BCUT2D eigenvalue weighted by Crippen LogP contribution is -2.45. The number of benzene rings is 4. The number of aromatic hydroxyl groups is 4. The van der Waals surface area contributed by atoms with Crippen LogP contribution in [0, 0.1) is 5.41 Å². The molecule has 0 aliphatic heterocycles. The molecule has 4 aromatic carbocycles. The SMILES string of the molecule is CC(C)(C)c1cc(CCNOCC(COC(=O)CCc2cc(C(C)(C)C)c(O)c(C(C)(C)C)c2)(COC(=O)CCc2cc(C(C)(C)C)c(O)c(C(C)(C)C)c2)COC(=O)CCc2cc(C(C)(C)C)c(O)c(C(C)(C)C)c2)cc(C(C)(C)C)c1O. The maximum atomic E-state index is 14.1. The maximum Gasteiger partial charge on any atom is 0.306 e. The van der Waals surface area contributed by atoms with Crippen LogP contribution in [0.3, 0.4) is 0 Å². The zero-order valence-corrected chi connectivity index (χ0v) is 56.3. The van der Waals surface area contributed by atoms with Gasteiger partial charge in [-0.25, -0.2) is 5.48 Å². The van der Waals surface area contributed by atoms with E-state index in [9.17, 15) is 34.8 Å². The number of carbonyl (C=O) groups excluding carboxylic acids is 3. The minimum atomic E-state index is -1.41. The van der Waals surface area contributed by atoms with Crippen LogP contribution in [-0.4, -0.2) is 71.3 Å². The first-order chi connectivity index (χ1) is 38.0. The Morgan fingerprint density at radius 1 is 0.321 bits per heavy atom. The van der Waals surface area contributed by atoms with Gasteiger partial charge in [0.05, 0.1) is 12.0 Å². The minimum Gasteiger partial charge on any atom is -0.507 e. The van der Waals surface area contributed by atoms with Crippen LogP contribution in [0.2, 0.25) is 0 Å². The fourth-order valence-corrected chi connectivity index (χ4v) is 10.3. The van der Waals surface area contributed by atoms with Crippen LogP contribution < -0.4 is 5.48 Å². The average molecular weight is 1160 g/mol. The predicted molar refractivity (Wildman–Crippen MR) is 340 cm³/mol. The Labute approximate surface area is 506 Å². The summed E-state index contributed by atoms with van der Waals surface area (Å²) >= 11 is 0. The van der Waals surface area contributed by atoms with Crippen molar-refractivity contribution < 1.29 is 53.9 Å². The molecule has 4 rings (SSSR count). The Morgan fingerprint density at radius 3 is 0.702 bits per heavy atom. The molecule has 0 spiro atoms. The third-order valence-corrected chi connectivity index (χ3v) is 15.6. The van der Waals surface area contributed by atoms with E-state index < -0.39 is 23.3 Å². The molecule has 0 aromatic heterocycles. The third kappa shape index (κ3) is 19.7. The van der Waals surface area contributed by atoms with Crippen LogP contribution in [0.5, 0.6) is 23.0 Å². The van der Waals surface area contributed by atoms with E-state index in [0.717, 1.165) is 66.8 Å². The van der Waals surface area contributed by atoms with Crippen molar-refractivity contribution in [2.24, 2.45) is 5.41 Å². The summed E-state index contributed by atoms with van der Waals surface area (Å²) in [7, 11) is 0. The Hall–Kier alpha value is -5.59. The number of rotatable bonds is 21. The quantitative estimate of drug-likeness (QED) is 0.0231. The van der Waals surface area contributed by atoms with E-state index in [4.69, 9.17) is 19.0 Å². The third-order valence-electron chi connectivity index (χ3n) is 15.6. The zero-order valence-electron chi connectivity index (χ0n) is 56.3. The number of hydroxylamine groups is 1. The molecular formula is C72H109NO11. The highest BCUT2D eigenvalue weighted by Crippen LogP contribution is 2.44. The molecule has 4 aromatic rings. The maximum absolute atomic E-state index is 14.1. The topological polar surface area (TPSA) is 181 Å². The molecule has 12 heteroatoms. The highest BCUT2D eigenvalue weighted by Gasteiger charge is 2.38. The van der Waals surface area contributed by atoms with Gasteiger partial charge in [0.15, 0.2) is 0 Å². The normalized spacial score (nSPS) is 13.3. The molecule has 84 heavy (non-hydrogen) atoms. The molecule has 0 saturated carbocycles. The predicted octanol–water partition coefficient (Wildman–Crippen LogP) is 15.5. The molecule has 0 atom stereocenters. The van der Waals surface area contributed by atoms with Gasteiger partial charge >= 0.3 is 17.9 Å². The van der Waals surface area contributed by atoms with E-state index in [-0.39, 0.29) is 106 Å². The Morgan fingerprint density at radius 2 is 0.512 bits per heavy atom. The van der Waals surface area contributed by atoms with E-state index in [1.165, 1.54) is 0 Å². The lowest BCUT2D eigenvalue weighted by molar-refractivity contribution is -0.170. The van der Waals surface area contributed by atoms with Gasteiger partial charge in [0, 0.05) is 25.8 Å².